The van der Waals surface area contributed by atoms with E-state index < -0.39 is 0 Å². The van der Waals surface area contributed by atoms with Crippen molar-refractivity contribution in [2.75, 3.05) is 5.32 Å². The summed E-state index contributed by atoms with van der Waals surface area (Å²) in [5.41, 5.74) is 2.24. The van der Waals surface area contributed by atoms with Gasteiger partial charge in [-0.1, -0.05) is 0 Å². The molecule has 0 radical (unpaired) electrons. The van der Waals surface area contributed by atoms with Gasteiger partial charge < -0.3 is 5.32 Å². The normalized spacial score (nSPS) is 10.7. The molecule has 18 heavy (non-hydrogen) atoms. The van der Waals surface area contributed by atoms with Gasteiger partial charge in [-0.3, -0.25) is 14.2 Å². The van der Waals surface area contributed by atoms with Crippen molar-refractivity contribution in [3.63, 3.8) is 0 Å². The highest BCUT2D eigenvalue weighted by Gasteiger charge is 2.17. The quantitative estimate of drug-likeness (QED) is 0.851. The van der Waals surface area contributed by atoms with Gasteiger partial charge in [-0.2, -0.15) is 10.2 Å². The van der Waals surface area contributed by atoms with E-state index in [0.29, 0.717) is 5.69 Å². The molecular weight excluding hydrogens is 345 g/mol. The Kier molecular flexibility index (Phi) is 3.69. The van der Waals surface area contributed by atoms with E-state index in [1.807, 2.05) is 18.5 Å². The van der Waals surface area contributed by atoms with Crippen molar-refractivity contribution in [1.82, 2.24) is 19.6 Å². The lowest BCUT2D eigenvalue weighted by Gasteiger charge is -2.06. The molecule has 96 valence electrons. The minimum Gasteiger partial charge on any atom is -0.318 e. The molecule has 0 aromatic carbocycles. The Morgan fingerprint density at radius 3 is 2.67 bits per heavy atom. The van der Waals surface area contributed by atoms with Gasteiger partial charge in [-0.15, -0.1) is 0 Å². The Balaban J connectivity index is 2.24. The van der Waals surface area contributed by atoms with E-state index in [1.54, 1.807) is 24.1 Å². The summed E-state index contributed by atoms with van der Waals surface area (Å²) >= 11 is 2.10. The van der Waals surface area contributed by atoms with Gasteiger partial charge in [0.1, 0.15) is 5.69 Å². The maximum atomic E-state index is 12.2. The first-order valence-electron chi connectivity index (χ1n) is 5.55. The Hall–Kier alpha value is -1.38. The lowest BCUT2D eigenvalue weighted by molar-refractivity contribution is 0.101. The van der Waals surface area contributed by atoms with E-state index in [0.717, 1.165) is 21.5 Å². The lowest BCUT2D eigenvalue weighted by Crippen LogP contribution is -2.17. The molecule has 2 aromatic rings. The van der Waals surface area contributed by atoms with Crippen molar-refractivity contribution in [3.8, 4) is 0 Å². The Bertz CT molecular complexity index is 567. The van der Waals surface area contributed by atoms with Crippen LogP contribution in [-0.2, 0) is 13.6 Å². The molecule has 0 saturated heterocycles. The fraction of sp³-hybridized carbons (Fsp3) is 0.364. The molecule has 6 nitrogen and oxygen atoms in total. The number of halogens is 1. The molecule has 1 amide bonds. The molecule has 2 rings (SSSR count). The molecule has 0 fully saturated rings. The molecule has 2 aromatic heterocycles. The standard InChI is InChI=1S/C11H14IN5O/c1-4-17-7(2)9(6-14-17)15-11(18)10-8(12)5-13-16(10)3/h5-6H,4H2,1-3H3,(H,15,18). The smallest absolute Gasteiger partial charge is 0.275 e. The van der Waals surface area contributed by atoms with Crippen LogP contribution in [0.15, 0.2) is 12.4 Å². The first-order chi connectivity index (χ1) is 8.54. The summed E-state index contributed by atoms with van der Waals surface area (Å²) in [6.45, 7) is 4.72. The van der Waals surface area contributed by atoms with Gasteiger partial charge in [0.15, 0.2) is 0 Å². The number of amides is 1. The van der Waals surface area contributed by atoms with Gasteiger partial charge in [0.25, 0.3) is 5.91 Å². The van der Waals surface area contributed by atoms with Crippen LogP contribution in [0, 0.1) is 10.5 Å². The van der Waals surface area contributed by atoms with Gasteiger partial charge in [-0.05, 0) is 36.4 Å². The summed E-state index contributed by atoms with van der Waals surface area (Å²) in [4.78, 5) is 12.2. The second-order valence-corrected chi connectivity index (χ2v) is 5.04. The highest BCUT2D eigenvalue weighted by atomic mass is 127. The minimum atomic E-state index is -0.168. The predicted molar refractivity (Wildman–Crippen MR) is 76.5 cm³/mol. The molecule has 0 aliphatic rings. The molecule has 0 spiro atoms. The third kappa shape index (κ3) is 2.26. The maximum absolute atomic E-state index is 12.2. The molecule has 0 saturated carbocycles. The van der Waals surface area contributed by atoms with E-state index >= 15 is 0 Å². The average molecular weight is 359 g/mol. The second-order valence-electron chi connectivity index (χ2n) is 3.88. The zero-order chi connectivity index (χ0) is 13.3. The number of carbonyl (C=O) groups is 1. The molecule has 0 unspecified atom stereocenters. The van der Waals surface area contributed by atoms with Gasteiger partial charge >= 0.3 is 0 Å². The van der Waals surface area contributed by atoms with Crippen molar-refractivity contribution in [2.45, 2.75) is 20.4 Å². The number of aryl methyl sites for hydroxylation is 2. The number of hydrogen-bond acceptors (Lipinski definition) is 3. The SMILES string of the molecule is CCn1ncc(NC(=O)c2c(I)cnn2C)c1C. The highest BCUT2D eigenvalue weighted by Crippen LogP contribution is 2.17. The maximum Gasteiger partial charge on any atom is 0.275 e. The summed E-state index contributed by atoms with van der Waals surface area (Å²) in [6.07, 6.45) is 3.33. The van der Waals surface area contributed by atoms with E-state index in [2.05, 4.69) is 38.1 Å². The van der Waals surface area contributed by atoms with Gasteiger partial charge in [-0.25, -0.2) is 0 Å². The topological polar surface area (TPSA) is 64.7 Å². The van der Waals surface area contributed by atoms with Crippen LogP contribution in [0.2, 0.25) is 0 Å². The minimum absolute atomic E-state index is 0.168. The van der Waals surface area contributed by atoms with Crippen molar-refractivity contribution >= 4 is 34.2 Å². The molecule has 1 N–H and O–H groups in total. The second kappa shape index (κ2) is 5.09. The summed E-state index contributed by atoms with van der Waals surface area (Å²) < 4.78 is 4.23. The van der Waals surface area contributed by atoms with Crippen LogP contribution in [0.25, 0.3) is 0 Å². The fourth-order valence-corrected chi connectivity index (χ4v) is 2.45. The predicted octanol–water partition coefficient (Wildman–Crippen LogP) is 1.80. The van der Waals surface area contributed by atoms with Crippen molar-refractivity contribution in [2.24, 2.45) is 7.05 Å². The van der Waals surface area contributed by atoms with Crippen LogP contribution in [0.3, 0.4) is 0 Å². The summed E-state index contributed by atoms with van der Waals surface area (Å²) in [7, 11) is 1.75. The first kappa shape index (κ1) is 13.1. The van der Waals surface area contributed by atoms with Gasteiger partial charge in [0.05, 0.1) is 27.3 Å². The van der Waals surface area contributed by atoms with Crippen molar-refractivity contribution in [1.29, 1.82) is 0 Å². The van der Waals surface area contributed by atoms with Gasteiger partial charge in [0.2, 0.25) is 0 Å². The number of anilines is 1. The molecular formula is C11H14IN5O. The van der Waals surface area contributed by atoms with Crippen LogP contribution in [-0.4, -0.2) is 25.5 Å². The average Bonchev–Trinajstić information content (AvgIpc) is 2.84. The van der Waals surface area contributed by atoms with Crippen LogP contribution in [0.4, 0.5) is 5.69 Å². The summed E-state index contributed by atoms with van der Waals surface area (Å²) in [5, 5.41) is 11.1. The number of aromatic nitrogens is 4. The first-order valence-corrected chi connectivity index (χ1v) is 6.63. The molecule has 0 aliphatic heterocycles. The number of hydrogen-bond donors (Lipinski definition) is 1. The monoisotopic (exact) mass is 359 g/mol. The molecule has 0 atom stereocenters. The number of rotatable bonds is 3. The van der Waals surface area contributed by atoms with Crippen molar-refractivity contribution < 1.29 is 4.79 Å². The van der Waals surface area contributed by atoms with Crippen LogP contribution >= 0.6 is 22.6 Å². The summed E-state index contributed by atoms with van der Waals surface area (Å²) in [6, 6.07) is 0. The van der Waals surface area contributed by atoms with Crippen LogP contribution < -0.4 is 5.32 Å². The number of nitrogens with one attached hydrogen (secondary N) is 1. The highest BCUT2D eigenvalue weighted by molar-refractivity contribution is 14.1. The third-order valence-corrected chi connectivity index (χ3v) is 3.55. The Morgan fingerprint density at radius 1 is 1.44 bits per heavy atom. The fourth-order valence-electron chi connectivity index (χ4n) is 1.74. The molecule has 0 aliphatic carbocycles. The van der Waals surface area contributed by atoms with Gasteiger partial charge in [0, 0.05) is 13.6 Å². The summed E-state index contributed by atoms with van der Waals surface area (Å²) in [5.74, 6) is -0.168. The van der Waals surface area contributed by atoms with Crippen molar-refractivity contribution in [3.05, 3.63) is 27.4 Å². The van der Waals surface area contributed by atoms with Crippen LogP contribution in [0.5, 0.6) is 0 Å². The number of carbonyl (C=O) groups excluding carboxylic acids is 1. The molecule has 2 heterocycles. The van der Waals surface area contributed by atoms with E-state index in [4.69, 9.17) is 0 Å². The zero-order valence-corrected chi connectivity index (χ0v) is 12.6. The molecule has 7 heteroatoms. The van der Waals surface area contributed by atoms with Crippen LogP contribution in [0.1, 0.15) is 23.1 Å². The molecule has 0 bridgehead atoms. The van der Waals surface area contributed by atoms with E-state index in [1.165, 1.54) is 0 Å². The third-order valence-electron chi connectivity index (χ3n) is 2.76. The zero-order valence-electron chi connectivity index (χ0n) is 10.4. The van der Waals surface area contributed by atoms with E-state index in [9.17, 15) is 4.79 Å². The van der Waals surface area contributed by atoms with E-state index in [-0.39, 0.29) is 5.91 Å². The largest absolute Gasteiger partial charge is 0.318 e. The Labute approximate surface area is 119 Å². The number of nitrogens with zero attached hydrogens (tertiary/aromatic N) is 4. The lowest BCUT2D eigenvalue weighted by atomic mass is 10.3. The Morgan fingerprint density at radius 2 is 2.17 bits per heavy atom.